The van der Waals surface area contributed by atoms with Crippen molar-refractivity contribution in [2.45, 2.75) is 58.7 Å². The summed E-state index contributed by atoms with van der Waals surface area (Å²) < 4.78 is 0. The molecule has 0 saturated heterocycles. The van der Waals surface area contributed by atoms with E-state index < -0.39 is 5.60 Å². The van der Waals surface area contributed by atoms with Crippen molar-refractivity contribution in [3.05, 3.63) is 35.4 Å². The van der Waals surface area contributed by atoms with Gasteiger partial charge in [0, 0.05) is 6.54 Å². The molecule has 3 N–H and O–H groups in total. The van der Waals surface area contributed by atoms with E-state index in [1.54, 1.807) is 0 Å². The summed E-state index contributed by atoms with van der Waals surface area (Å²) in [6, 6.07) is 7.72. The van der Waals surface area contributed by atoms with Gasteiger partial charge in [-0.2, -0.15) is 0 Å². The van der Waals surface area contributed by atoms with Crippen LogP contribution >= 0.6 is 0 Å². The topological polar surface area (TPSA) is 69.6 Å². The molecular formula is C20H31NO3. The van der Waals surface area contributed by atoms with Crippen LogP contribution in [0.15, 0.2) is 24.3 Å². The smallest absolute Gasteiger partial charge is 0.252 e. The molecule has 4 heteroatoms. The Morgan fingerprint density at radius 1 is 1.33 bits per heavy atom. The molecule has 134 valence electrons. The van der Waals surface area contributed by atoms with Gasteiger partial charge in [0.25, 0.3) is 5.91 Å². The summed E-state index contributed by atoms with van der Waals surface area (Å²) in [5, 5.41) is 23.2. The molecule has 1 saturated carbocycles. The van der Waals surface area contributed by atoms with Crippen LogP contribution in [0.4, 0.5) is 0 Å². The fourth-order valence-electron chi connectivity index (χ4n) is 3.99. The van der Waals surface area contributed by atoms with Gasteiger partial charge in [0.1, 0.15) is 5.60 Å². The van der Waals surface area contributed by atoms with Crippen molar-refractivity contribution >= 4 is 5.91 Å². The van der Waals surface area contributed by atoms with E-state index in [1.165, 1.54) is 0 Å². The molecule has 0 aromatic heterocycles. The third-order valence-electron chi connectivity index (χ3n) is 5.31. The van der Waals surface area contributed by atoms with Crippen molar-refractivity contribution in [1.29, 1.82) is 0 Å². The Bertz CT molecular complexity index is 558. The highest BCUT2D eigenvalue weighted by molar-refractivity contribution is 5.85. The standard InChI is InChI=1S/C20H31NO3/c1-14(2)18-8-7-15(3)12-20(18,24)19(23)21-10-9-16-5-4-6-17(11-16)13-22/h4-6,11,14-15,18,22,24H,7-10,12-13H2,1-3H3,(H,21,23)/t15?,18?,20-/m1/s1. The SMILES string of the molecule is CC1CCC(C(C)C)[C@@](O)(C(=O)NCCc2cccc(CO)c2)C1. The number of hydrogen-bond donors (Lipinski definition) is 3. The lowest BCUT2D eigenvalue weighted by molar-refractivity contribution is -0.155. The second kappa shape index (κ2) is 8.13. The number of aliphatic hydroxyl groups is 2. The van der Waals surface area contributed by atoms with Gasteiger partial charge in [-0.05, 0) is 48.1 Å². The van der Waals surface area contributed by atoms with Crippen molar-refractivity contribution in [3.8, 4) is 0 Å². The highest BCUT2D eigenvalue weighted by Crippen LogP contribution is 2.41. The van der Waals surface area contributed by atoms with Crippen LogP contribution in [0.5, 0.6) is 0 Å². The molecule has 0 radical (unpaired) electrons. The van der Waals surface area contributed by atoms with E-state index in [1.807, 2.05) is 24.3 Å². The fraction of sp³-hybridized carbons (Fsp3) is 0.650. The summed E-state index contributed by atoms with van der Waals surface area (Å²) in [5.74, 6) is 0.448. The fourth-order valence-corrected chi connectivity index (χ4v) is 3.99. The molecule has 1 aromatic carbocycles. The molecule has 3 atom stereocenters. The van der Waals surface area contributed by atoms with Gasteiger partial charge in [-0.15, -0.1) is 0 Å². The Balaban J connectivity index is 1.96. The van der Waals surface area contributed by atoms with E-state index in [9.17, 15) is 15.0 Å². The zero-order valence-electron chi connectivity index (χ0n) is 15.1. The third-order valence-corrected chi connectivity index (χ3v) is 5.31. The lowest BCUT2D eigenvalue weighted by atomic mass is 9.66. The molecule has 2 unspecified atom stereocenters. The number of rotatable bonds is 6. The Hall–Kier alpha value is -1.39. The molecular weight excluding hydrogens is 302 g/mol. The van der Waals surface area contributed by atoms with E-state index in [0.29, 0.717) is 25.3 Å². The number of benzene rings is 1. The first kappa shape index (κ1) is 18.9. The summed E-state index contributed by atoms with van der Waals surface area (Å²) >= 11 is 0. The monoisotopic (exact) mass is 333 g/mol. The minimum absolute atomic E-state index is 0.0198. The highest BCUT2D eigenvalue weighted by atomic mass is 16.3. The molecule has 1 fully saturated rings. The zero-order chi connectivity index (χ0) is 17.7. The van der Waals surface area contributed by atoms with Gasteiger partial charge in [-0.25, -0.2) is 0 Å². The zero-order valence-corrected chi connectivity index (χ0v) is 15.1. The van der Waals surface area contributed by atoms with Crippen molar-refractivity contribution in [1.82, 2.24) is 5.32 Å². The Labute approximate surface area is 145 Å². The lowest BCUT2D eigenvalue weighted by Crippen LogP contribution is -2.56. The van der Waals surface area contributed by atoms with Crippen LogP contribution in [-0.2, 0) is 17.8 Å². The molecule has 1 amide bonds. The van der Waals surface area contributed by atoms with E-state index >= 15 is 0 Å². The maximum Gasteiger partial charge on any atom is 0.252 e. The largest absolute Gasteiger partial charge is 0.392 e. The van der Waals surface area contributed by atoms with Crippen molar-refractivity contribution in [3.63, 3.8) is 0 Å². The number of nitrogens with one attached hydrogen (secondary N) is 1. The van der Waals surface area contributed by atoms with E-state index in [2.05, 4.69) is 26.1 Å². The Morgan fingerprint density at radius 3 is 2.71 bits per heavy atom. The van der Waals surface area contributed by atoms with Gasteiger partial charge in [0.15, 0.2) is 0 Å². The molecule has 0 aliphatic heterocycles. The summed E-state index contributed by atoms with van der Waals surface area (Å²) in [6.45, 7) is 6.79. The molecule has 0 heterocycles. The molecule has 0 spiro atoms. The summed E-state index contributed by atoms with van der Waals surface area (Å²) in [4.78, 5) is 12.7. The maximum absolute atomic E-state index is 12.7. The minimum atomic E-state index is -1.25. The number of hydrogen-bond acceptors (Lipinski definition) is 3. The van der Waals surface area contributed by atoms with Crippen molar-refractivity contribution in [2.75, 3.05) is 6.54 Å². The van der Waals surface area contributed by atoms with Gasteiger partial charge >= 0.3 is 0 Å². The number of aliphatic hydroxyl groups excluding tert-OH is 1. The van der Waals surface area contributed by atoms with Crippen LogP contribution in [0, 0.1) is 17.8 Å². The van der Waals surface area contributed by atoms with Crippen LogP contribution in [0.1, 0.15) is 51.2 Å². The number of carbonyl (C=O) groups excluding carboxylic acids is 1. The van der Waals surface area contributed by atoms with E-state index in [0.717, 1.165) is 24.0 Å². The average molecular weight is 333 g/mol. The molecule has 1 aromatic rings. The van der Waals surface area contributed by atoms with Crippen LogP contribution in [0.25, 0.3) is 0 Å². The molecule has 4 nitrogen and oxygen atoms in total. The summed E-state index contributed by atoms with van der Waals surface area (Å²) in [6.07, 6.45) is 3.22. The number of amides is 1. The first-order valence-corrected chi connectivity index (χ1v) is 9.06. The average Bonchev–Trinajstić information content (AvgIpc) is 2.54. The van der Waals surface area contributed by atoms with Crippen LogP contribution in [-0.4, -0.2) is 28.3 Å². The van der Waals surface area contributed by atoms with Gasteiger partial charge in [-0.1, -0.05) is 51.5 Å². The van der Waals surface area contributed by atoms with Crippen LogP contribution in [0.2, 0.25) is 0 Å². The summed E-state index contributed by atoms with van der Waals surface area (Å²) in [7, 11) is 0. The van der Waals surface area contributed by atoms with Crippen LogP contribution < -0.4 is 5.32 Å². The van der Waals surface area contributed by atoms with Gasteiger partial charge < -0.3 is 15.5 Å². The maximum atomic E-state index is 12.7. The number of carbonyl (C=O) groups is 1. The lowest BCUT2D eigenvalue weighted by Gasteiger charge is -2.43. The van der Waals surface area contributed by atoms with Crippen molar-refractivity contribution in [2.24, 2.45) is 17.8 Å². The Morgan fingerprint density at radius 2 is 2.04 bits per heavy atom. The van der Waals surface area contributed by atoms with Gasteiger partial charge in [-0.3, -0.25) is 4.79 Å². The minimum Gasteiger partial charge on any atom is -0.392 e. The van der Waals surface area contributed by atoms with E-state index in [-0.39, 0.29) is 24.3 Å². The molecule has 1 aliphatic carbocycles. The molecule has 0 bridgehead atoms. The second-order valence-electron chi connectivity index (χ2n) is 7.65. The quantitative estimate of drug-likeness (QED) is 0.749. The predicted molar refractivity (Wildman–Crippen MR) is 95.4 cm³/mol. The first-order chi connectivity index (χ1) is 11.4. The normalized spacial score (nSPS) is 27.2. The molecule has 24 heavy (non-hydrogen) atoms. The Kier molecular flexibility index (Phi) is 6.41. The summed E-state index contributed by atoms with van der Waals surface area (Å²) in [5.41, 5.74) is 0.698. The van der Waals surface area contributed by atoms with Crippen molar-refractivity contribution < 1.29 is 15.0 Å². The highest BCUT2D eigenvalue weighted by Gasteiger charge is 2.48. The molecule has 1 aliphatic rings. The second-order valence-corrected chi connectivity index (χ2v) is 7.65. The predicted octanol–water partition coefficient (Wildman–Crippen LogP) is 2.66. The van der Waals surface area contributed by atoms with Crippen LogP contribution in [0.3, 0.4) is 0 Å². The first-order valence-electron chi connectivity index (χ1n) is 9.06. The third kappa shape index (κ3) is 4.37. The van der Waals surface area contributed by atoms with Gasteiger partial charge in [0.2, 0.25) is 0 Å². The molecule has 2 rings (SSSR count). The van der Waals surface area contributed by atoms with Gasteiger partial charge in [0.05, 0.1) is 6.61 Å². The van der Waals surface area contributed by atoms with E-state index in [4.69, 9.17) is 0 Å².